The molecule has 2 aliphatic rings. The van der Waals surface area contributed by atoms with Gasteiger partial charge < -0.3 is 19.7 Å². The fraction of sp³-hybridized carbons (Fsp3) is 0.562. The molecule has 1 amide bonds. The van der Waals surface area contributed by atoms with Crippen LogP contribution < -0.4 is 5.32 Å². The molecule has 0 bridgehead atoms. The van der Waals surface area contributed by atoms with Crippen molar-refractivity contribution in [1.82, 2.24) is 4.90 Å². The molecule has 1 aromatic carbocycles. The molecule has 2 aliphatic heterocycles. The van der Waals surface area contributed by atoms with Crippen molar-refractivity contribution in [3.05, 3.63) is 28.2 Å². The molecule has 3 rings (SSSR count). The summed E-state index contributed by atoms with van der Waals surface area (Å²) >= 11 is 11.8. The van der Waals surface area contributed by atoms with Gasteiger partial charge in [-0.05, 0) is 18.2 Å². The Hall–Kier alpha value is -0.850. The summed E-state index contributed by atoms with van der Waals surface area (Å²) in [5.41, 5.74) is 0.623. The Morgan fingerprint density at radius 2 is 1.74 bits per heavy atom. The maximum absolute atomic E-state index is 12.1. The monoisotopic (exact) mass is 358 g/mol. The second kappa shape index (κ2) is 7.36. The van der Waals surface area contributed by atoms with Crippen LogP contribution in [0.1, 0.15) is 19.3 Å². The average molecular weight is 359 g/mol. The number of carbonyl (C=O) groups is 1. The molecule has 23 heavy (non-hydrogen) atoms. The van der Waals surface area contributed by atoms with E-state index < -0.39 is 0 Å². The van der Waals surface area contributed by atoms with Crippen molar-refractivity contribution in [2.75, 3.05) is 38.2 Å². The van der Waals surface area contributed by atoms with E-state index in [-0.39, 0.29) is 11.7 Å². The maximum Gasteiger partial charge on any atom is 0.225 e. The lowest BCUT2D eigenvalue weighted by atomic mass is 10.0. The van der Waals surface area contributed by atoms with Crippen molar-refractivity contribution in [3.63, 3.8) is 0 Å². The number of amides is 1. The van der Waals surface area contributed by atoms with Gasteiger partial charge in [0.05, 0.1) is 13.2 Å². The van der Waals surface area contributed by atoms with Crippen molar-refractivity contribution in [1.29, 1.82) is 0 Å². The Morgan fingerprint density at radius 1 is 1.13 bits per heavy atom. The first-order valence-corrected chi connectivity index (χ1v) is 8.57. The number of nitrogens with one attached hydrogen (secondary N) is 1. The lowest BCUT2D eigenvalue weighted by molar-refractivity contribution is -0.185. The highest BCUT2D eigenvalue weighted by molar-refractivity contribution is 6.35. The molecule has 1 N–H and O–H groups in total. The number of likely N-dealkylation sites (tertiary alicyclic amines) is 1. The third-order valence-electron chi connectivity index (χ3n) is 4.23. The van der Waals surface area contributed by atoms with E-state index in [1.165, 1.54) is 0 Å². The van der Waals surface area contributed by atoms with Gasteiger partial charge in [-0.3, -0.25) is 4.79 Å². The minimum absolute atomic E-state index is 0.0445. The van der Waals surface area contributed by atoms with E-state index in [1.807, 2.05) is 0 Å². The molecule has 2 saturated heterocycles. The Labute approximate surface area is 145 Å². The minimum Gasteiger partial charge on any atom is -0.347 e. The van der Waals surface area contributed by atoms with E-state index in [2.05, 4.69) is 10.2 Å². The average Bonchev–Trinajstić information content (AvgIpc) is 2.94. The Morgan fingerprint density at radius 3 is 2.35 bits per heavy atom. The first-order chi connectivity index (χ1) is 11.0. The van der Waals surface area contributed by atoms with Crippen molar-refractivity contribution in [2.45, 2.75) is 25.0 Å². The van der Waals surface area contributed by atoms with E-state index in [4.69, 9.17) is 32.7 Å². The SMILES string of the molecule is O=C(CCN1CCC2(CC1)OCCO2)Nc1cc(Cl)cc(Cl)c1. The summed E-state index contributed by atoms with van der Waals surface area (Å²) in [6.45, 7) is 3.86. The zero-order valence-corrected chi connectivity index (χ0v) is 14.3. The second-order valence-electron chi connectivity index (χ2n) is 5.91. The number of ether oxygens (including phenoxy) is 2. The van der Waals surface area contributed by atoms with E-state index in [0.29, 0.717) is 35.4 Å². The molecule has 2 heterocycles. The zero-order chi connectivity index (χ0) is 16.3. The van der Waals surface area contributed by atoms with Crippen molar-refractivity contribution in [2.24, 2.45) is 0 Å². The summed E-state index contributed by atoms with van der Waals surface area (Å²) in [4.78, 5) is 14.3. The lowest BCUT2D eigenvalue weighted by Gasteiger charge is -2.37. The summed E-state index contributed by atoms with van der Waals surface area (Å²) in [6.07, 6.45) is 2.15. The highest BCUT2D eigenvalue weighted by atomic mass is 35.5. The molecule has 5 nitrogen and oxygen atoms in total. The molecule has 0 atom stereocenters. The number of hydrogen-bond acceptors (Lipinski definition) is 4. The number of carbonyl (C=O) groups excluding carboxylic acids is 1. The molecule has 0 aliphatic carbocycles. The number of piperidine rings is 1. The van der Waals surface area contributed by atoms with Gasteiger partial charge >= 0.3 is 0 Å². The van der Waals surface area contributed by atoms with Crippen LogP contribution in [0, 0.1) is 0 Å². The molecule has 2 fully saturated rings. The van der Waals surface area contributed by atoms with Crippen LogP contribution in [0.4, 0.5) is 5.69 Å². The number of nitrogens with zero attached hydrogens (tertiary/aromatic N) is 1. The van der Waals surface area contributed by atoms with Gasteiger partial charge in [-0.2, -0.15) is 0 Å². The summed E-state index contributed by atoms with van der Waals surface area (Å²) in [7, 11) is 0. The number of hydrogen-bond donors (Lipinski definition) is 1. The van der Waals surface area contributed by atoms with Crippen LogP contribution in [0.3, 0.4) is 0 Å². The fourth-order valence-corrected chi connectivity index (χ4v) is 3.54. The van der Waals surface area contributed by atoms with Gasteiger partial charge in [-0.15, -0.1) is 0 Å². The van der Waals surface area contributed by atoms with Gasteiger partial charge in [0.25, 0.3) is 0 Å². The van der Waals surface area contributed by atoms with Gasteiger partial charge in [0.2, 0.25) is 5.91 Å². The maximum atomic E-state index is 12.1. The number of halogens is 2. The van der Waals surface area contributed by atoms with Gasteiger partial charge in [-0.1, -0.05) is 23.2 Å². The topological polar surface area (TPSA) is 50.8 Å². The van der Waals surface area contributed by atoms with Crippen molar-refractivity contribution in [3.8, 4) is 0 Å². The number of benzene rings is 1. The molecule has 0 saturated carbocycles. The highest BCUT2D eigenvalue weighted by Crippen LogP contribution is 2.31. The Balaban J connectivity index is 1.42. The summed E-state index contributed by atoms with van der Waals surface area (Å²) < 4.78 is 11.4. The molecule has 0 radical (unpaired) electrons. The first-order valence-electron chi connectivity index (χ1n) is 7.81. The van der Waals surface area contributed by atoms with Crippen LogP contribution in [-0.4, -0.2) is 49.4 Å². The van der Waals surface area contributed by atoms with Crippen molar-refractivity contribution >= 4 is 34.8 Å². The number of rotatable bonds is 4. The Kier molecular flexibility index (Phi) is 5.44. The second-order valence-corrected chi connectivity index (χ2v) is 6.78. The molecular weight excluding hydrogens is 339 g/mol. The van der Waals surface area contributed by atoms with Crippen LogP contribution in [0.15, 0.2) is 18.2 Å². The van der Waals surface area contributed by atoms with Gasteiger partial charge in [0.1, 0.15) is 0 Å². The Bertz CT molecular complexity index is 546. The normalized spacial score (nSPS) is 20.8. The smallest absolute Gasteiger partial charge is 0.225 e. The fourth-order valence-electron chi connectivity index (χ4n) is 3.01. The standard InChI is InChI=1S/C16H20Cl2N2O3/c17-12-9-13(18)11-14(10-12)19-15(21)1-4-20-5-2-16(3-6-20)22-7-8-23-16/h9-11H,1-8H2,(H,19,21). The van der Waals surface area contributed by atoms with E-state index in [0.717, 1.165) is 32.5 Å². The lowest BCUT2D eigenvalue weighted by Crippen LogP contribution is -2.45. The predicted molar refractivity (Wildman–Crippen MR) is 90.0 cm³/mol. The predicted octanol–water partition coefficient (Wildman–Crippen LogP) is 3.16. The van der Waals surface area contributed by atoms with Crippen LogP contribution in [0.25, 0.3) is 0 Å². The number of anilines is 1. The molecule has 126 valence electrons. The first kappa shape index (κ1) is 17.0. The van der Waals surface area contributed by atoms with Gasteiger partial charge in [-0.25, -0.2) is 0 Å². The molecule has 1 spiro atoms. The molecule has 0 aromatic heterocycles. The molecular formula is C16H20Cl2N2O3. The van der Waals surface area contributed by atoms with Crippen molar-refractivity contribution < 1.29 is 14.3 Å². The van der Waals surface area contributed by atoms with Crippen LogP contribution >= 0.6 is 23.2 Å². The van der Waals surface area contributed by atoms with Gasteiger partial charge in [0, 0.05) is 54.6 Å². The summed E-state index contributed by atoms with van der Waals surface area (Å²) in [6, 6.07) is 5.00. The van der Waals surface area contributed by atoms with E-state index in [9.17, 15) is 4.79 Å². The zero-order valence-electron chi connectivity index (χ0n) is 12.8. The van der Waals surface area contributed by atoms with E-state index in [1.54, 1.807) is 18.2 Å². The minimum atomic E-state index is -0.365. The quantitative estimate of drug-likeness (QED) is 0.897. The van der Waals surface area contributed by atoms with Crippen LogP contribution in [0.5, 0.6) is 0 Å². The van der Waals surface area contributed by atoms with Crippen LogP contribution in [-0.2, 0) is 14.3 Å². The van der Waals surface area contributed by atoms with Crippen LogP contribution in [0.2, 0.25) is 10.0 Å². The third kappa shape index (κ3) is 4.58. The molecule has 0 unspecified atom stereocenters. The summed E-state index contributed by atoms with van der Waals surface area (Å²) in [5.74, 6) is -0.409. The molecule has 7 heteroatoms. The summed E-state index contributed by atoms with van der Waals surface area (Å²) in [5, 5.41) is 3.84. The van der Waals surface area contributed by atoms with Gasteiger partial charge in [0.15, 0.2) is 5.79 Å². The largest absolute Gasteiger partial charge is 0.347 e. The third-order valence-corrected chi connectivity index (χ3v) is 4.67. The molecule has 1 aromatic rings. The highest BCUT2D eigenvalue weighted by Gasteiger charge is 2.39. The van der Waals surface area contributed by atoms with E-state index >= 15 is 0 Å².